The summed E-state index contributed by atoms with van der Waals surface area (Å²) in [6.07, 6.45) is 5.44. The molecule has 5 heteroatoms. The summed E-state index contributed by atoms with van der Waals surface area (Å²) in [7, 11) is 1.67. The average molecular weight is 336 g/mol. The molecule has 0 saturated heterocycles. The first-order valence-corrected chi connectivity index (χ1v) is 8.45. The fourth-order valence-corrected chi connectivity index (χ4v) is 4.20. The number of anilines is 1. The number of aryl methyl sites for hydroxylation is 1. The second kappa shape index (κ2) is 5.92. The molecule has 0 fully saturated rings. The SMILES string of the molecule is COc1ccc(C)c2c1N[C@@H](c1cccc([N+](=O)[O-])c1)[C@@H]1CC=C[C@H]21. The highest BCUT2D eigenvalue weighted by Crippen LogP contribution is 2.53. The molecule has 0 saturated carbocycles. The van der Waals surface area contributed by atoms with E-state index in [0.29, 0.717) is 11.8 Å². The van der Waals surface area contributed by atoms with Crippen LogP contribution in [0.3, 0.4) is 0 Å². The van der Waals surface area contributed by atoms with Gasteiger partial charge in [0.25, 0.3) is 5.69 Å². The Morgan fingerprint density at radius 3 is 2.88 bits per heavy atom. The van der Waals surface area contributed by atoms with Crippen LogP contribution in [-0.4, -0.2) is 12.0 Å². The molecule has 5 nitrogen and oxygen atoms in total. The lowest BCUT2D eigenvalue weighted by Gasteiger charge is -2.39. The van der Waals surface area contributed by atoms with E-state index in [2.05, 4.69) is 30.5 Å². The molecule has 2 aromatic rings. The summed E-state index contributed by atoms with van der Waals surface area (Å²) in [6, 6.07) is 11.0. The van der Waals surface area contributed by atoms with Crippen LogP contribution in [0.1, 0.15) is 35.1 Å². The van der Waals surface area contributed by atoms with Crippen molar-refractivity contribution >= 4 is 11.4 Å². The number of benzene rings is 2. The zero-order chi connectivity index (χ0) is 17.6. The van der Waals surface area contributed by atoms with Crippen LogP contribution in [0.2, 0.25) is 0 Å². The molecule has 0 amide bonds. The van der Waals surface area contributed by atoms with Crippen LogP contribution in [0, 0.1) is 23.0 Å². The van der Waals surface area contributed by atoms with E-state index in [1.807, 2.05) is 12.1 Å². The van der Waals surface area contributed by atoms with Crippen molar-refractivity contribution in [3.05, 3.63) is 75.4 Å². The molecule has 2 aliphatic rings. The zero-order valence-corrected chi connectivity index (χ0v) is 14.2. The Kier molecular flexibility index (Phi) is 3.71. The minimum atomic E-state index is -0.338. The molecule has 0 bridgehead atoms. The highest BCUT2D eigenvalue weighted by Gasteiger charge is 2.40. The van der Waals surface area contributed by atoms with Crippen molar-refractivity contribution in [2.45, 2.75) is 25.3 Å². The van der Waals surface area contributed by atoms with Crippen molar-refractivity contribution in [1.29, 1.82) is 0 Å². The van der Waals surface area contributed by atoms with Crippen LogP contribution in [0.4, 0.5) is 11.4 Å². The summed E-state index contributed by atoms with van der Waals surface area (Å²) in [5.74, 6) is 1.46. The van der Waals surface area contributed by atoms with Gasteiger partial charge in [0.2, 0.25) is 0 Å². The van der Waals surface area contributed by atoms with E-state index in [4.69, 9.17) is 4.74 Å². The fourth-order valence-electron chi connectivity index (χ4n) is 4.20. The molecular weight excluding hydrogens is 316 g/mol. The Labute approximate surface area is 146 Å². The Morgan fingerprint density at radius 2 is 2.12 bits per heavy atom. The third-order valence-corrected chi connectivity index (χ3v) is 5.36. The van der Waals surface area contributed by atoms with E-state index in [1.165, 1.54) is 17.2 Å². The first-order valence-electron chi connectivity index (χ1n) is 8.45. The molecule has 2 aromatic carbocycles. The predicted octanol–water partition coefficient (Wildman–Crippen LogP) is 4.74. The predicted molar refractivity (Wildman–Crippen MR) is 97.2 cm³/mol. The van der Waals surface area contributed by atoms with E-state index >= 15 is 0 Å². The second-order valence-corrected chi connectivity index (χ2v) is 6.70. The van der Waals surface area contributed by atoms with Gasteiger partial charge in [0.15, 0.2) is 0 Å². The summed E-state index contributed by atoms with van der Waals surface area (Å²) in [6.45, 7) is 2.12. The largest absolute Gasteiger partial charge is 0.495 e. The number of nitro benzene ring substituents is 1. The summed E-state index contributed by atoms with van der Waals surface area (Å²) in [5, 5.41) is 14.8. The molecule has 25 heavy (non-hydrogen) atoms. The lowest BCUT2D eigenvalue weighted by molar-refractivity contribution is -0.384. The van der Waals surface area contributed by atoms with Crippen LogP contribution < -0.4 is 10.1 Å². The standard InChI is InChI=1S/C20H20N2O3/c1-12-9-10-17(25-2)20-18(12)15-7-4-8-16(15)19(21-20)13-5-3-6-14(11-13)22(23)24/h3-7,9-11,15-16,19,21H,8H2,1-2H3/t15-,16+,19-/m0/s1. The van der Waals surface area contributed by atoms with Gasteiger partial charge in [-0.2, -0.15) is 0 Å². The van der Waals surface area contributed by atoms with Gasteiger partial charge in [0, 0.05) is 18.1 Å². The third-order valence-electron chi connectivity index (χ3n) is 5.36. The highest BCUT2D eigenvalue weighted by atomic mass is 16.6. The zero-order valence-electron chi connectivity index (χ0n) is 14.2. The first-order chi connectivity index (χ1) is 12.1. The Bertz CT molecular complexity index is 875. The lowest BCUT2D eigenvalue weighted by atomic mass is 9.75. The van der Waals surface area contributed by atoms with Gasteiger partial charge in [-0.1, -0.05) is 30.4 Å². The number of hydrogen-bond donors (Lipinski definition) is 1. The molecule has 3 atom stereocenters. The maximum atomic E-state index is 11.2. The number of nitro groups is 1. The summed E-state index contributed by atoms with van der Waals surface area (Å²) < 4.78 is 5.57. The average Bonchev–Trinajstić information content (AvgIpc) is 3.11. The van der Waals surface area contributed by atoms with Gasteiger partial charge >= 0.3 is 0 Å². The molecule has 0 aromatic heterocycles. The van der Waals surface area contributed by atoms with Gasteiger partial charge in [-0.05, 0) is 42.0 Å². The minimum Gasteiger partial charge on any atom is -0.495 e. The van der Waals surface area contributed by atoms with Crippen molar-refractivity contribution in [3.8, 4) is 5.75 Å². The topological polar surface area (TPSA) is 64.4 Å². The van der Waals surface area contributed by atoms with Gasteiger partial charge in [0.1, 0.15) is 5.75 Å². The van der Waals surface area contributed by atoms with Gasteiger partial charge in [-0.3, -0.25) is 10.1 Å². The van der Waals surface area contributed by atoms with Crippen LogP contribution in [-0.2, 0) is 0 Å². The van der Waals surface area contributed by atoms with E-state index < -0.39 is 0 Å². The number of rotatable bonds is 3. The number of non-ortho nitro benzene ring substituents is 1. The summed E-state index contributed by atoms with van der Waals surface area (Å²) in [5.41, 5.74) is 4.60. The number of allylic oxidation sites excluding steroid dienone is 2. The number of nitrogens with zero attached hydrogens (tertiary/aromatic N) is 1. The lowest BCUT2D eigenvalue weighted by Crippen LogP contribution is -2.30. The Balaban J connectivity index is 1.84. The minimum absolute atomic E-state index is 0.0168. The molecule has 0 spiro atoms. The van der Waals surface area contributed by atoms with Crippen LogP contribution in [0.5, 0.6) is 5.75 Å². The molecule has 0 unspecified atom stereocenters. The Morgan fingerprint density at radius 1 is 1.28 bits per heavy atom. The molecule has 1 aliphatic carbocycles. The number of nitrogens with one attached hydrogen (secondary N) is 1. The van der Waals surface area contributed by atoms with Gasteiger partial charge in [-0.25, -0.2) is 0 Å². The van der Waals surface area contributed by atoms with E-state index in [0.717, 1.165) is 23.4 Å². The van der Waals surface area contributed by atoms with Crippen LogP contribution in [0.25, 0.3) is 0 Å². The van der Waals surface area contributed by atoms with Crippen LogP contribution >= 0.6 is 0 Å². The quantitative estimate of drug-likeness (QED) is 0.499. The molecule has 1 aliphatic heterocycles. The monoisotopic (exact) mass is 336 g/mol. The molecular formula is C20H20N2O3. The number of methoxy groups -OCH3 is 1. The third kappa shape index (κ3) is 2.47. The van der Waals surface area contributed by atoms with E-state index in [-0.39, 0.29) is 16.7 Å². The fraction of sp³-hybridized carbons (Fsp3) is 0.300. The van der Waals surface area contributed by atoms with Crippen molar-refractivity contribution in [1.82, 2.24) is 0 Å². The number of fused-ring (bicyclic) bond motifs is 3. The molecule has 4 rings (SSSR count). The summed E-state index contributed by atoms with van der Waals surface area (Å²) in [4.78, 5) is 10.8. The van der Waals surface area contributed by atoms with Crippen molar-refractivity contribution in [2.24, 2.45) is 5.92 Å². The highest BCUT2D eigenvalue weighted by molar-refractivity contribution is 5.70. The first kappa shape index (κ1) is 15.7. The molecule has 0 radical (unpaired) electrons. The number of ether oxygens (including phenoxy) is 1. The maximum Gasteiger partial charge on any atom is 0.269 e. The second-order valence-electron chi connectivity index (χ2n) is 6.70. The normalized spacial score (nSPS) is 23.5. The van der Waals surface area contributed by atoms with Gasteiger partial charge < -0.3 is 10.1 Å². The van der Waals surface area contributed by atoms with E-state index in [9.17, 15) is 10.1 Å². The summed E-state index contributed by atoms with van der Waals surface area (Å²) >= 11 is 0. The molecule has 1 N–H and O–H groups in total. The molecule has 1 heterocycles. The Hall–Kier alpha value is -2.82. The number of hydrogen-bond acceptors (Lipinski definition) is 4. The van der Waals surface area contributed by atoms with Crippen molar-refractivity contribution in [2.75, 3.05) is 12.4 Å². The van der Waals surface area contributed by atoms with Gasteiger partial charge in [-0.15, -0.1) is 0 Å². The van der Waals surface area contributed by atoms with E-state index in [1.54, 1.807) is 19.2 Å². The van der Waals surface area contributed by atoms with Crippen molar-refractivity contribution in [3.63, 3.8) is 0 Å². The van der Waals surface area contributed by atoms with Crippen molar-refractivity contribution < 1.29 is 9.66 Å². The van der Waals surface area contributed by atoms with Gasteiger partial charge in [0.05, 0.1) is 23.8 Å². The molecule has 128 valence electrons. The van der Waals surface area contributed by atoms with Crippen LogP contribution in [0.15, 0.2) is 48.6 Å². The maximum absolute atomic E-state index is 11.2. The smallest absolute Gasteiger partial charge is 0.269 e.